The van der Waals surface area contributed by atoms with Crippen LogP contribution in [0.25, 0.3) is 0 Å². The highest BCUT2D eigenvalue weighted by molar-refractivity contribution is 5.98. The highest BCUT2D eigenvalue weighted by Crippen LogP contribution is 2.44. The maximum atomic E-state index is 12.5. The molecule has 0 saturated heterocycles. The molecule has 0 saturated carbocycles. The third kappa shape index (κ3) is 2.98. The van der Waals surface area contributed by atoms with Crippen molar-refractivity contribution in [2.24, 2.45) is 7.05 Å². The molecular formula is C18H18N4O6. The van der Waals surface area contributed by atoms with Gasteiger partial charge in [-0.15, -0.1) is 0 Å². The van der Waals surface area contributed by atoms with Gasteiger partial charge in [0, 0.05) is 36.4 Å². The Bertz CT molecular complexity index is 1020. The van der Waals surface area contributed by atoms with Gasteiger partial charge >= 0.3 is 11.9 Å². The maximum Gasteiger partial charge on any atom is 0.358 e. The molecule has 0 bridgehead atoms. The lowest BCUT2D eigenvalue weighted by Crippen LogP contribution is -2.25. The number of hydrogen-bond acceptors (Lipinski definition) is 8. The Labute approximate surface area is 159 Å². The average molecular weight is 386 g/mol. The number of ether oxygens (including phenoxy) is 2. The minimum atomic E-state index is -0.800. The number of rotatable bonds is 4. The molecule has 0 amide bonds. The summed E-state index contributed by atoms with van der Waals surface area (Å²) < 4.78 is 11.2. The zero-order valence-corrected chi connectivity index (χ0v) is 15.7. The molecule has 1 atom stereocenters. The van der Waals surface area contributed by atoms with Crippen LogP contribution in [0.15, 0.2) is 35.5 Å². The molecule has 10 nitrogen and oxygen atoms in total. The van der Waals surface area contributed by atoms with Gasteiger partial charge < -0.3 is 14.8 Å². The molecule has 0 fully saturated rings. The molecule has 2 heterocycles. The van der Waals surface area contributed by atoms with Crippen molar-refractivity contribution in [2.45, 2.75) is 12.8 Å². The third-order valence-electron chi connectivity index (χ3n) is 4.57. The van der Waals surface area contributed by atoms with Crippen LogP contribution in [-0.4, -0.2) is 40.9 Å². The molecule has 10 heteroatoms. The van der Waals surface area contributed by atoms with E-state index in [9.17, 15) is 19.7 Å². The molecular weight excluding hydrogens is 368 g/mol. The number of nitrogens with one attached hydrogen (secondary N) is 1. The summed E-state index contributed by atoms with van der Waals surface area (Å²) in [5.74, 6) is -1.61. The van der Waals surface area contributed by atoms with Gasteiger partial charge in [-0.25, -0.2) is 9.59 Å². The van der Waals surface area contributed by atoms with Gasteiger partial charge in [0.1, 0.15) is 5.82 Å². The first-order valence-corrected chi connectivity index (χ1v) is 8.25. The lowest BCUT2D eigenvalue weighted by atomic mass is 9.81. The maximum absolute atomic E-state index is 12.5. The van der Waals surface area contributed by atoms with Crippen LogP contribution in [0.4, 0.5) is 11.5 Å². The van der Waals surface area contributed by atoms with Gasteiger partial charge in [-0.3, -0.25) is 14.8 Å². The fourth-order valence-electron chi connectivity index (χ4n) is 3.35. The van der Waals surface area contributed by atoms with E-state index in [4.69, 9.17) is 9.47 Å². The van der Waals surface area contributed by atoms with E-state index in [0.717, 1.165) is 0 Å². The Morgan fingerprint density at radius 3 is 2.54 bits per heavy atom. The Morgan fingerprint density at radius 1 is 1.25 bits per heavy atom. The number of aromatic nitrogens is 2. The van der Waals surface area contributed by atoms with Crippen LogP contribution < -0.4 is 5.32 Å². The van der Waals surface area contributed by atoms with Crippen LogP contribution >= 0.6 is 0 Å². The number of carbonyl (C=O) groups excluding carboxylic acids is 2. The molecule has 146 valence electrons. The zero-order chi connectivity index (χ0) is 20.6. The predicted octanol–water partition coefficient (Wildman–Crippen LogP) is 2.12. The van der Waals surface area contributed by atoms with E-state index in [-0.39, 0.29) is 17.0 Å². The molecule has 0 spiro atoms. The van der Waals surface area contributed by atoms with Crippen LogP contribution in [0.5, 0.6) is 0 Å². The molecule has 1 unspecified atom stereocenters. The number of esters is 2. The monoisotopic (exact) mass is 386 g/mol. The van der Waals surface area contributed by atoms with Crippen molar-refractivity contribution in [3.05, 3.63) is 62.5 Å². The largest absolute Gasteiger partial charge is 0.466 e. The zero-order valence-electron chi connectivity index (χ0n) is 15.7. The van der Waals surface area contributed by atoms with Crippen molar-refractivity contribution in [2.75, 3.05) is 19.5 Å². The van der Waals surface area contributed by atoms with Crippen molar-refractivity contribution in [3.8, 4) is 0 Å². The number of allylic oxidation sites excluding steroid dienone is 1. The topological polar surface area (TPSA) is 126 Å². The van der Waals surface area contributed by atoms with Gasteiger partial charge in [-0.1, -0.05) is 12.1 Å². The Hall–Kier alpha value is -3.69. The summed E-state index contributed by atoms with van der Waals surface area (Å²) in [5.41, 5.74) is 1.44. The van der Waals surface area contributed by atoms with E-state index < -0.39 is 22.8 Å². The lowest BCUT2D eigenvalue weighted by Gasteiger charge is -2.28. The number of benzene rings is 1. The Kier molecular flexibility index (Phi) is 4.87. The van der Waals surface area contributed by atoms with Crippen molar-refractivity contribution in [1.29, 1.82) is 0 Å². The molecule has 1 aromatic carbocycles. The second-order valence-electron chi connectivity index (χ2n) is 6.17. The summed E-state index contributed by atoms with van der Waals surface area (Å²) in [7, 11) is 4.11. The molecule has 1 aromatic heterocycles. The minimum absolute atomic E-state index is 0.0120. The summed E-state index contributed by atoms with van der Waals surface area (Å²) >= 11 is 0. The van der Waals surface area contributed by atoms with E-state index in [1.54, 1.807) is 20.0 Å². The first-order valence-electron chi connectivity index (χ1n) is 8.25. The Morgan fingerprint density at radius 2 is 1.93 bits per heavy atom. The van der Waals surface area contributed by atoms with E-state index in [2.05, 4.69) is 10.4 Å². The first-order chi connectivity index (χ1) is 13.3. The van der Waals surface area contributed by atoms with E-state index in [1.165, 1.54) is 37.1 Å². The predicted molar refractivity (Wildman–Crippen MR) is 97.8 cm³/mol. The van der Waals surface area contributed by atoms with Crippen LogP contribution in [-0.2, 0) is 21.3 Å². The van der Waals surface area contributed by atoms with Crippen molar-refractivity contribution in [3.63, 3.8) is 0 Å². The molecule has 1 aliphatic heterocycles. The first kappa shape index (κ1) is 19.1. The highest BCUT2D eigenvalue weighted by Gasteiger charge is 2.39. The molecule has 1 N–H and O–H groups in total. The van der Waals surface area contributed by atoms with Gasteiger partial charge in [0.2, 0.25) is 0 Å². The lowest BCUT2D eigenvalue weighted by molar-refractivity contribution is -0.384. The quantitative estimate of drug-likeness (QED) is 0.481. The number of nitro benzene ring substituents is 1. The Balaban J connectivity index is 2.33. The van der Waals surface area contributed by atoms with Crippen LogP contribution in [0.3, 0.4) is 0 Å². The van der Waals surface area contributed by atoms with Gasteiger partial charge in [-0.05, 0) is 12.5 Å². The number of nitro groups is 1. The number of aryl methyl sites for hydroxylation is 1. The number of anilines is 1. The molecule has 0 aliphatic carbocycles. The normalized spacial score (nSPS) is 15.5. The second kappa shape index (κ2) is 7.14. The van der Waals surface area contributed by atoms with E-state index in [0.29, 0.717) is 22.6 Å². The second-order valence-corrected chi connectivity index (χ2v) is 6.17. The number of hydrogen-bond donors (Lipinski definition) is 1. The highest BCUT2D eigenvalue weighted by atomic mass is 16.6. The fraction of sp³-hybridized carbons (Fsp3) is 0.278. The average Bonchev–Trinajstić information content (AvgIpc) is 3.02. The van der Waals surface area contributed by atoms with Crippen molar-refractivity contribution in [1.82, 2.24) is 9.78 Å². The molecule has 3 rings (SSSR count). The van der Waals surface area contributed by atoms with Crippen LogP contribution in [0.2, 0.25) is 0 Å². The smallest absolute Gasteiger partial charge is 0.358 e. The molecule has 28 heavy (non-hydrogen) atoms. The number of nitrogens with zero attached hydrogens (tertiary/aromatic N) is 3. The summed E-state index contributed by atoms with van der Waals surface area (Å²) in [5, 5.41) is 18.5. The SMILES string of the molecule is COC(=O)C1=C(C)Nc2c(c(C(=O)OC)nn2C)C1c1cccc([N+](=O)[O-])c1. The molecule has 1 aliphatic rings. The van der Waals surface area contributed by atoms with Gasteiger partial charge in [0.05, 0.1) is 24.7 Å². The third-order valence-corrected chi connectivity index (χ3v) is 4.57. The van der Waals surface area contributed by atoms with Gasteiger partial charge in [0.25, 0.3) is 5.69 Å². The number of fused-ring (bicyclic) bond motifs is 1. The number of non-ortho nitro benzene ring substituents is 1. The molecule has 2 aromatic rings. The van der Waals surface area contributed by atoms with Crippen molar-refractivity contribution < 1.29 is 24.0 Å². The van der Waals surface area contributed by atoms with Crippen LogP contribution in [0, 0.1) is 10.1 Å². The van der Waals surface area contributed by atoms with E-state index in [1.807, 2.05) is 0 Å². The summed E-state index contributed by atoms with van der Waals surface area (Å²) in [6, 6.07) is 5.89. The standard InChI is InChI=1S/C18H18N4O6/c1-9-12(17(23)27-3)13(10-6-5-7-11(8-10)22(25)26)14-15(18(24)28-4)20-21(2)16(14)19-9/h5-8,13,19H,1-4H3. The van der Waals surface area contributed by atoms with Gasteiger partial charge in [0.15, 0.2) is 5.69 Å². The number of methoxy groups -OCH3 is 2. The summed E-state index contributed by atoms with van der Waals surface area (Å²) in [4.78, 5) is 35.6. The van der Waals surface area contributed by atoms with Crippen molar-refractivity contribution >= 4 is 23.4 Å². The van der Waals surface area contributed by atoms with Gasteiger partial charge in [-0.2, -0.15) is 5.10 Å². The molecule has 0 radical (unpaired) electrons. The summed E-state index contributed by atoms with van der Waals surface area (Å²) in [6.07, 6.45) is 0. The number of carbonyl (C=O) groups is 2. The summed E-state index contributed by atoms with van der Waals surface area (Å²) in [6.45, 7) is 1.68. The van der Waals surface area contributed by atoms with E-state index >= 15 is 0 Å². The fourth-order valence-corrected chi connectivity index (χ4v) is 3.35. The minimum Gasteiger partial charge on any atom is -0.466 e. The van der Waals surface area contributed by atoms with Crippen LogP contribution in [0.1, 0.15) is 34.5 Å².